The van der Waals surface area contributed by atoms with Crippen molar-refractivity contribution in [2.45, 2.75) is 52.6 Å². The molecule has 35 heavy (non-hydrogen) atoms. The fraction of sp³-hybridized carbons (Fsp3) is 0.400. The number of rotatable bonds is 7. The van der Waals surface area contributed by atoms with Crippen LogP contribution in [0.5, 0.6) is 11.6 Å². The van der Waals surface area contributed by atoms with E-state index in [9.17, 15) is 14.4 Å². The van der Waals surface area contributed by atoms with Crippen molar-refractivity contribution >= 4 is 11.6 Å². The number of carbonyl (C=O) groups excluding carboxylic acids is 1. The maximum atomic E-state index is 13.1. The lowest BCUT2D eigenvalue weighted by molar-refractivity contribution is 0.0995. The third kappa shape index (κ3) is 5.76. The molecule has 0 bridgehead atoms. The summed E-state index contributed by atoms with van der Waals surface area (Å²) in [5, 5.41) is 0. The largest absolute Gasteiger partial charge is 0.439 e. The summed E-state index contributed by atoms with van der Waals surface area (Å²) in [4.78, 5) is 48.3. The summed E-state index contributed by atoms with van der Waals surface area (Å²) < 4.78 is 8.47. The maximum absolute atomic E-state index is 13.1. The van der Waals surface area contributed by atoms with E-state index in [2.05, 4.69) is 21.9 Å². The van der Waals surface area contributed by atoms with Crippen LogP contribution in [0.25, 0.3) is 0 Å². The summed E-state index contributed by atoms with van der Waals surface area (Å²) in [5.74, 6) is 1.15. The van der Waals surface area contributed by atoms with Gasteiger partial charge >= 0.3 is 11.4 Å². The summed E-state index contributed by atoms with van der Waals surface area (Å²) in [5.41, 5.74) is 5.32. The van der Waals surface area contributed by atoms with Gasteiger partial charge in [0.1, 0.15) is 11.4 Å². The van der Waals surface area contributed by atoms with Crippen LogP contribution in [-0.2, 0) is 13.1 Å². The number of hydrogen-bond donors (Lipinski definition) is 2. The second kappa shape index (κ2) is 10.5. The number of aromatic nitrogens is 4. The zero-order valence-corrected chi connectivity index (χ0v) is 19.9. The maximum Gasteiger partial charge on any atom is 0.334 e. The van der Waals surface area contributed by atoms with Gasteiger partial charge in [0.15, 0.2) is 0 Å². The van der Waals surface area contributed by atoms with Gasteiger partial charge < -0.3 is 10.5 Å². The first-order valence-electron chi connectivity index (χ1n) is 11.9. The van der Waals surface area contributed by atoms with Gasteiger partial charge in [0.2, 0.25) is 11.5 Å². The fourth-order valence-corrected chi connectivity index (χ4v) is 4.30. The Kier molecular flexibility index (Phi) is 7.28. The number of amides is 1. The summed E-state index contributed by atoms with van der Waals surface area (Å²) in [7, 11) is 0. The van der Waals surface area contributed by atoms with Crippen LogP contribution in [0.2, 0.25) is 0 Å². The molecule has 10 heteroatoms. The SMILES string of the molecule is CCn1c(=O)[nH]/c(=N\c2ccc(Oc3cccc(C(N)=O)n3)cc2)n(C[C@H]2CC[C@H](C)CC2)c1=O. The summed E-state index contributed by atoms with van der Waals surface area (Å²) in [6.45, 7) is 4.83. The van der Waals surface area contributed by atoms with Crippen molar-refractivity contribution in [3.63, 3.8) is 0 Å². The van der Waals surface area contributed by atoms with E-state index in [4.69, 9.17) is 10.5 Å². The predicted molar refractivity (Wildman–Crippen MR) is 131 cm³/mol. The van der Waals surface area contributed by atoms with Crippen molar-refractivity contribution in [1.82, 2.24) is 19.1 Å². The van der Waals surface area contributed by atoms with Crippen molar-refractivity contribution in [1.29, 1.82) is 0 Å². The molecule has 1 aliphatic carbocycles. The van der Waals surface area contributed by atoms with Crippen LogP contribution < -0.4 is 27.5 Å². The van der Waals surface area contributed by atoms with E-state index in [1.54, 1.807) is 47.9 Å². The van der Waals surface area contributed by atoms with E-state index in [0.717, 1.165) is 25.7 Å². The molecule has 1 aliphatic rings. The number of nitrogens with zero attached hydrogens (tertiary/aromatic N) is 4. The van der Waals surface area contributed by atoms with E-state index in [0.29, 0.717) is 29.8 Å². The standard InChI is InChI=1S/C25H30N6O4/c1-3-30-24(33)29-23(31(25(30)34)15-17-9-7-16(2)8-10-17)27-18-11-13-19(14-12-18)35-21-6-4-5-20(28-21)22(26)32/h4-6,11-14,16-17H,3,7-10,15H2,1-2H3,(H2,26,32)(H,27,29,33)/t16-,17-. The number of benzene rings is 1. The highest BCUT2D eigenvalue weighted by Crippen LogP contribution is 2.29. The van der Waals surface area contributed by atoms with Gasteiger partial charge in [0.25, 0.3) is 5.91 Å². The molecular formula is C25H30N6O4. The van der Waals surface area contributed by atoms with E-state index < -0.39 is 11.6 Å². The minimum atomic E-state index is -0.639. The molecule has 2 aromatic heterocycles. The Morgan fingerprint density at radius 3 is 2.49 bits per heavy atom. The van der Waals surface area contributed by atoms with Gasteiger partial charge in [-0.15, -0.1) is 0 Å². The second-order valence-corrected chi connectivity index (χ2v) is 8.95. The van der Waals surface area contributed by atoms with E-state index in [1.807, 2.05) is 0 Å². The molecule has 10 nitrogen and oxygen atoms in total. The Morgan fingerprint density at radius 2 is 1.83 bits per heavy atom. The summed E-state index contributed by atoms with van der Waals surface area (Å²) >= 11 is 0. The highest BCUT2D eigenvalue weighted by atomic mass is 16.5. The normalized spacial score (nSPS) is 18.4. The smallest absolute Gasteiger partial charge is 0.334 e. The van der Waals surface area contributed by atoms with E-state index in [1.165, 1.54) is 10.6 Å². The minimum Gasteiger partial charge on any atom is -0.439 e. The van der Waals surface area contributed by atoms with Crippen LogP contribution in [0, 0.1) is 11.8 Å². The fourth-order valence-electron chi connectivity index (χ4n) is 4.30. The van der Waals surface area contributed by atoms with Crippen LogP contribution in [0.4, 0.5) is 5.69 Å². The number of primary amides is 1. The van der Waals surface area contributed by atoms with Crippen LogP contribution in [-0.4, -0.2) is 25.0 Å². The number of aromatic amines is 1. The molecule has 0 radical (unpaired) electrons. The average molecular weight is 479 g/mol. The van der Waals surface area contributed by atoms with Crippen molar-refractivity contribution in [3.05, 3.63) is 74.7 Å². The molecule has 1 amide bonds. The zero-order valence-electron chi connectivity index (χ0n) is 19.9. The number of nitrogens with two attached hydrogens (primary N) is 1. The molecule has 0 unspecified atom stereocenters. The van der Waals surface area contributed by atoms with Gasteiger partial charge in [-0.3, -0.25) is 14.3 Å². The average Bonchev–Trinajstić information content (AvgIpc) is 2.84. The minimum absolute atomic E-state index is 0.108. The molecule has 3 aromatic rings. The topological polar surface area (TPSA) is 137 Å². The van der Waals surface area contributed by atoms with Gasteiger partial charge in [-0.1, -0.05) is 25.8 Å². The van der Waals surface area contributed by atoms with Gasteiger partial charge in [-0.2, -0.15) is 0 Å². The molecule has 1 aromatic carbocycles. The van der Waals surface area contributed by atoms with Crippen molar-refractivity contribution in [3.8, 4) is 11.6 Å². The van der Waals surface area contributed by atoms with E-state index >= 15 is 0 Å². The van der Waals surface area contributed by atoms with Crippen LogP contribution >= 0.6 is 0 Å². The quantitative estimate of drug-likeness (QED) is 0.538. The van der Waals surface area contributed by atoms with Crippen molar-refractivity contribution < 1.29 is 9.53 Å². The highest BCUT2D eigenvalue weighted by molar-refractivity contribution is 5.90. The molecule has 0 saturated heterocycles. The molecule has 3 N–H and O–H groups in total. The Bertz CT molecular complexity index is 1380. The monoisotopic (exact) mass is 478 g/mol. The summed E-state index contributed by atoms with van der Waals surface area (Å²) in [6.07, 6.45) is 4.38. The number of carbonyl (C=O) groups is 1. The first-order chi connectivity index (χ1) is 16.8. The Labute approximate surface area is 202 Å². The molecule has 4 rings (SSSR count). The van der Waals surface area contributed by atoms with Gasteiger partial charge in [0.05, 0.1) is 5.69 Å². The predicted octanol–water partition coefficient (Wildman–Crippen LogP) is 2.70. The lowest BCUT2D eigenvalue weighted by Crippen LogP contribution is -2.50. The van der Waals surface area contributed by atoms with Gasteiger partial charge in [-0.05, 0) is 61.9 Å². The van der Waals surface area contributed by atoms with Crippen LogP contribution in [0.1, 0.15) is 50.0 Å². The lowest BCUT2D eigenvalue weighted by Gasteiger charge is -2.26. The van der Waals surface area contributed by atoms with Crippen LogP contribution in [0.15, 0.2) is 57.0 Å². The number of H-pyrrole nitrogens is 1. The first kappa shape index (κ1) is 24.2. The molecule has 0 atom stereocenters. The number of ether oxygens (including phenoxy) is 1. The molecule has 1 saturated carbocycles. The Morgan fingerprint density at radius 1 is 1.11 bits per heavy atom. The van der Waals surface area contributed by atoms with Crippen molar-refractivity contribution in [2.75, 3.05) is 0 Å². The third-order valence-electron chi connectivity index (χ3n) is 6.34. The zero-order chi connectivity index (χ0) is 24.9. The molecule has 2 heterocycles. The second-order valence-electron chi connectivity index (χ2n) is 8.95. The van der Waals surface area contributed by atoms with E-state index in [-0.39, 0.29) is 29.4 Å². The number of nitrogens with one attached hydrogen (secondary N) is 1. The molecule has 0 aliphatic heterocycles. The lowest BCUT2D eigenvalue weighted by atomic mass is 9.83. The first-order valence-corrected chi connectivity index (χ1v) is 11.9. The molecule has 0 spiro atoms. The van der Waals surface area contributed by atoms with Gasteiger partial charge in [-0.25, -0.2) is 24.1 Å². The number of hydrogen-bond acceptors (Lipinski definition) is 6. The highest BCUT2D eigenvalue weighted by Gasteiger charge is 2.20. The third-order valence-corrected chi connectivity index (χ3v) is 6.34. The molecule has 184 valence electrons. The number of pyridine rings is 1. The van der Waals surface area contributed by atoms with Crippen LogP contribution in [0.3, 0.4) is 0 Å². The Hall–Kier alpha value is -3.95. The summed E-state index contributed by atoms with van der Waals surface area (Å²) in [6, 6.07) is 11.6. The Balaban J connectivity index is 1.63. The molecular weight excluding hydrogens is 448 g/mol. The van der Waals surface area contributed by atoms with Gasteiger partial charge in [0, 0.05) is 19.2 Å². The van der Waals surface area contributed by atoms with Crippen molar-refractivity contribution in [2.24, 2.45) is 22.6 Å². The molecule has 1 fully saturated rings.